The number of hydrogen-bond donors (Lipinski definition) is 1. The highest BCUT2D eigenvalue weighted by molar-refractivity contribution is 7.89. The van der Waals surface area contributed by atoms with Crippen molar-refractivity contribution in [2.24, 2.45) is 5.73 Å². The van der Waals surface area contributed by atoms with Crippen molar-refractivity contribution in [1.82, 2.24) is 4.31 Å². The van der Waals surface area contributed by atoms with Gasteiger partial charge in [-0.3, -0.25) is 9.59 Å². The summed E-state index contributed by atoms with van der Waals surface area (Å²) in [6.45, 7) is 1.41. The van der Waals surface area contributed by atoms with Gasteiger partial charge in [0.05, 0.1) is 30.3 Å². The first-order valence-corrected chi connectivity index (χ1v) is 11.5. The van der Waals surface area contributed by atoms with Gasteiger partial charge >= 0.3 is 0 Å². The number of benzene rings is 2. The van der Waals surface area contributed by atoms with Gasteiger partial charge in [0.1, 0.15) is 5.75 Å². The van der Waals surface area contributed by atoms with Crippen molar-refractivity contribution in [1.29, 1.82) is 0 Å². The number of para-hydroxylation sites is 2. The molecular weight excluding hydrogens is 434 g/mol. The first kappa shape index (κ1) is 22.0. The number of rotatable bonds is 5. The van der Waals surface area contributed by atoms with Crippen LogP contribution in [0.2, 0.25) is 0 Å². The predicted octanol–water partition coefficient (Wildman–Crippen LogP) is 1.00. The van der Waals surface area contributed by atoms with E-state index >= 15 is 0 Å². The number of amides is 2. The third-order valence-electron chi connectivity index (χ3n) is 5.26. The van der Waals surface area contributed by atoms with Gasteiger partial charge in [0.15, 0.2) is 6.10 Å². The Hall–Kier alpha value is -3.21. The lowest BCUT2D eigenvalue weighted by atomic mass is 10.1. The third kappa shape index (κ3) is 4.52. The van der Waals surface area contributed by atoms with Crippen molar-refractivity contribution >= 4 is 33.6 Å². The summed E-state index contributed by atoms with van der Waals surface area (Å²) in [4.78, 5) is 26.1. The maximum absolute atomic E-state index is 12.9. The Labute approximate surface area is 186 Å². The number of ether oxygens (including phenoxy) is 2. The average molecular weight is 458 g/mol. The predicted molar refractivity (Wildman–Crippen MR) is 117 cm³/mol. The second-order valence-electron chi connectivity index (χ2n) is 7.34. The number of primary amides is 1. The minimum absolute atomic E-state index is 0.00620. The number of fused-ring (bicyclic) bond motifs is 1. The van der Waals surface area contributed by atoms with Gasteiger partial charge in [0.25, 0.3) is 11.8 Å². The molecule has 32 heavy (non-hydrogen) atoms. The molecule has 2 heterocycles. The molecule has 0 saturated carbocycles. The molecular formula is C22H23N3O6S. The largest absolute Gasteiger partial charge is 0.477 e. The van der Waals surface area contributed by atoms with Gasteiger partial charge < -0.3 is 20.1 Å². The first-order chi connectivity index (χ1) is 15.4. The zero-order chi connectivity index (χ0) is 22.7. The smallest absolute Gasteiger partial charge is 0.260 e. The summed E-state index contributed by atoms with van der Waals surface area (Å²) in [7, 11) is -3.58. The number of nitrogens with two attached hydrogens (primary N) is 1. The van der Waals surface area contributed by atoms with Gasteiger partial charge in [-0.15, -0.1) is 0 Å². The molecule has 2 aliphatic heterocycles. The molecule has 2 aromatic carbocycles. The zero-order valence-electron chi connectivity index (χ0n) is 17.2. The fraction of sp³-hybridized carbons (Fsp3) is 0.273. The normalized spacial score (nSPS) is 19.4. The minimum atomic E-state index is -3.58. The number of anilines is 1. The van der Waals surface area contributed by atoms with Crippen molar-refractivity contribution in [2.75, 3.05) is 37.7 Å². The van der Waals surface area contributed by atoms with Gasteiger partial charge in [-0.05, 0) is 35.9 Å². The number of carbonyl (C=O) groups is 2. The van der Waals surface area contributed by atoms with E-state index in [4.69, 9.17) is 15.2 Å². The van der Waals surface area contributed by atoms with Crippen LogP contribution in [0.1, 0.15) is 5.56 Å². The van der Waals surface area contributed by atoms with Crippen molar-refractivity contribution in [2.45, 2.75) is 11.0 Å². The molecule has 9 nitrogen and oxygen atoms in total. The Morgan fingerprint density at radius 3 is 2.41 bits per heavy atom. The van der Waals surface area contributed by atoms with Crippen LogP contribution in [0.4, 0.5) is 5.69 Å². The van der Waals surface area contributed by atoms with E-state index in [2.05, 4.69) is 0 Å². The van der Waals surface area contributed by atoms with Crippen LogP contribution in [-0.2, 0) is 24.3 Å². The van der Waals surface area contributed by atoms with E-state index in [0.717, 1.165) is 0 Å². The first-order valence-electron chi connectivity index (χ1n) is 10.1. The fourth-order valence-electron chi connectivity index (χ4n) is 3.54. The topological polar surface area (TPSA) is 119 Å². The molecule has 2 amide bonds. The number of sulfonamides is 1. The molecule has 168 valence electrons. The van der Waals surface area contributed by atoms with E-state index in [-0.39, 0.29) is 17.3 Å². The summed E-state index contributed by atoms with van der Waals surface area (Å²) in [5.41, 5.74) is 6.58. The second kappa shape index (κ2) is 9.11. The van der Waals surface area contributed by atoms with Crippen LogP contribution in [0.5, 0.6) is 5.75 Å². The maximum Gasteiger partial charge on any atom is 0.260 e. The zero-order valence-corrected chi connectivity index (χ0v) is 18.0. The molecule has 2 aromatic rings. The lowest BCUT2D eigenvalue weighted by Gasteiger charge is -2.32. The highest BCUT2D eigenvalue weighted by Crippen LogP contribution is 2.33. The Balaban J connectivity index is 1.49. The molecule has 1 saturated heterocycles. The fourth-order valence-corrected chi connectivity index (χ4v) is 4.94. The average Bonchev–Trinajstić information content (AvgIpc) is 2.82. The summed E-state index contributed by atoms with van der Waals surface area (Å²) in [5, 5.41) is 0. The Morgan fingerprint density at radius 2 is 1.72 bits per heavy atom. The maximum atomic E-state index is 12.9. The standard InChI is InChI=1S/C22H23N3O6S/c23-22(27)20-15-25(18-3-1-2-4-19(18)31-20)21(26)10-7-16-5-8-17(9-6-16)32(28,29)24-11-13-30-14-12-24/h1-10,20H,11-15H2,(H2,23,27)/b10-7+. The monoisotopic (exact) mass is 457 g/mol. The van der Waals surface area contributed by atoms with Crippen LogP contribution >= 0.6 is 0 Å². The number of carbonyl (C=O) groups excluding carboxylic acids is 2. The molecule has 0 spiro atoms. The molecule has 1 unspecified atom stereocenters. The van der Waals surface area contributed by atoms with E-state index in [1.165, 1.54) is 27.4 Å². The molecule has 0 bridgehead atoms. The van der Waals surface area contributed by atoms with Gasteiger partial charge in [-0.1, -0.05) is 24.3 Å². The number of nitrogens with zero attached hydrogens (tertiary/aromatic N) is 2. The Kier molecular flexibility index (Phi) is 6.26. The minimum Gasteiger partial charge on any atom is -0.477 e. The molecule has 4 rings (SSSR count). The molecule has 0 radical (unpaired) electrons. The SMILES string of the molecule is NC(=O)C1CN(C(=O)/C=C/c2ccc(S(=O)(=O)N3CCOCC3)cc2)c2ccccc2O1. The molecule has 0 aliphatic carbocycles. The van der Waals surface area contributed by atoms with E-state index in [1.807, 2.05) is 0 Å². The summed E-state index contributed by atoms with van der Waals surface area (Å²) in [6, 6.07) is 13.2. The summed E-state index contributed by atoms with van der Waals surface area (Å²) < 4.78 is 37.6. The summed E-state index contributed by atoms with van der Waals surface area (Å²) in [5.74, 6) is -0.600. The van der Waals surface area contributed by atoms with Gasteiger partial charge in [0, 0.05) is 19.2 Å². The van der Waals surface area contributed by atoms with E-state index in [0.29, 0.717) is 43.3 Å². The Bertz CT molecular complexity index is 1140. The lowest BCUT2D eigenvalue weighted by Crippen LogP contribution is -2.49. The lowest BCUT2D eigenvalue weighted by molar-refractivity contribution is -0.125. The van der Waals surface area contributed by atoms with Gasteiger partial charge in [-0.2, -0.15) is 4.31 Å². The third-order valence-corrected chi connectivity index (χ3v) is 7.18. The molecule has 2 N–H and O–H groups in total. The van der Waals surface area contributed by atoms with Crippen LogP contribution in [0.25, 0.3) is 6.08 Å². The summed E-state index contributed by atoms with van der Waals surface area (Å²) >= 11 is 0. The number of hydrogen-bond acceptors (Lipinski definition) is 6. The van der Waals surface area contributed by atoms with Crippen LogP contribution in [0.15, 0.2) is 59.5 Å². The van der Waals surface area contributed by atoms with Crippen LogP contribution < -0.4 is 15.4 Å². The molecule has 10 heteroatoms. The van der Waals surface area contributed by atoms with Crippen LogP contribution in [0, 0.1) is 0 Å². The van der Waals surface area contributed by atoms with E-state index in [1.54, 1.807) is 42.5 Å². The summed E-state index contributed by atoms with van der Waals surface area (Å²) in [6.07, 6.45) is 2.02. The molecule has 0 aromatic heterocycles. The Morgan fingerprint density at radius 1 is 1.03 bits per heavy atom. The van der Waals surface area contributed by atoms with E-state index < -0.39 is 22.0 Å². The van der Waals surface area contributed by atoms with Gasteiger partial charge in [-0.25, -0.2) is 8.42 Å². The van der Waals surface area contributed by atoms with Crippen molar-refractivity contribution < 1.29 is 27.5 Å². The molecule has 1 atom stereocenters. The van der Waals surface area contributed by atoms with Crippen LogP contribution in [0.3, 0.4) is 0 Å². The van der Waals surface area contributed by atoms with Gasteiger partial charge in [0.2, 0.25) is 10.0 Å². The molecule has 2 aliphatic rings. The quantitative estimate of drug-likeness (QED) is 0.669. The highest BCUT2D eigenvalue weighted by Gasteiger charge is 2.31. The van der Waals surface area contributed by atoms with Crippen molar-refractivity contribution in [3.05, 3.63) is 60.2 Å². The van der Waals surface area contributed by atoms with Crippen LogP contribution in [-0.4, -0.2) is 63.5 Å². The molecule has 1 fully saturated rings. The second-order valence-corrected chi connectivity index (χ2v) is 9.28. The highest BCUT2D eigenvalue weighted by atomic mass is 32.2. The van der Waals surface area contributed by atoms with E-state index in [9.17, 15) is 18.0 Å². The number of morpholine rings is 1. The van der Waals surface area contributed by atoms with Crippen molar-refractivity contribution in [3.63, 3.8) is 0 Å². The van der Waals surface area contributed by atoms with Crippen molar-refractivity contribution in [3.8, 4) is 5.75 Å².